The third kappa shape index (κ3) is 4.77. The third-order valence-electron chi connectivity index (χ3n) is 4.22. The molecule has 1 aromatic carbocycles. The topological polar surface area (TPSA) is 43.6 Å². The first kappa shape index (κ1) is 22.1. The van der Waals surface area contributed by atoms with Crippen molar-refractivity contribution >= 4 is 10.0 Å². The number of hydrogen-bond donors (Lipinski definition) is 0. The minimum absolute atomic E-state index is 0.110. The van der Waals surface area contributed by atoms with Gasteiger partial charge in [0.15, 0.2) is 0 Å². The molecule has 30 heavy (non-hydrogen) atoms. The van der Waals surface area contributed by atoms with Gasteiger partial charge < -0.3 is 0 Å². The number of alkyl halides is 6. The van der Waals surface area contributed by atoms with E-state index in [1.165, 1.54) is 4.68 Å². The van der Waals surface area contributed by atoms with Crippen LogP contribution >= 0.6 is 10.0 Å². The molecule has 0 unspecified atom stereocenters. The molecule has 0 saturated carbocycles. The summed E-state index contributed by atoms with van der Waals surface area (Å²) in [4.78, 5) is 3.94. The summed E-state index contributed by atoms with van der Waals surface area (Å²) >= 11 is 0. The SMILES string of the molecule is CS(C)(C)c1nnn(Cc2cc(C(F)(F)F)cc(C(F)(F)F)c2)c1-c1ccncc1. The van der Waals surface area contributed by atoms with Crippen LogP contribution in [-0.4, -0.2) is 38.7 Å². The molecule has 162 valence electrons. The minimum Gasteiger partial charge on any atom is -0.265 e. The van der Waals surface area contributed by atoms with Crippen LogP contribution in [0.5, 0.6) is 0 Å². The van der Waals surface area contributed by atoms with Crippen molar-refractivity contribution in [2.45, 2.75) is 23.9 Å². The van der Waals surface area contributed by atoms with Gasteiger partial charge in [0, 0.05) is 18.0 Å². The fourth-order valence-electron chi connectivity index (χ4n) is 2.89. The molecule has 2 aromatic heterocycles. The highest BCUT2D eigenvalue weighted by molar-refractivity contribution is 8.32. The maximum atomic E-state index is 13.2. The lowest BCUT2D eigenvalue weighted by molar-refractivity contribution is -0.143. The second-order valence-electron chi connectivity index (χ2n) is 7.39. The second kappa shape index (κ2) is 7.60. The molecular weight excluding hydrogens is 430 g/mol. The Morgan fingerprint density at radius 3 is 1.87 bits per heavy atom. The third-order valence-corrected chi connectivity index (χ3v) is 5.65. The van der Waals surface area contributed by atoms with E-state index in [1.54, 1.807) is 24.5 Å². The monoisotopic (exact) mass is 448 g/mol. The van der Waals surface area contributed by atoms with E-state index in [2.05, 4.69) is 15.3 Å². The minimum atomic E-state index is -4.91. The van der Waals surface area contributed by atoms with Gasteiger partial charge in [0.2, 0.25) is 0 Å². The number of benzene rings is 1. The maximum absolute atomic E-state index is 13.2. The molecule has 0 bridgehead atoms. The number of hydrogen-bond acceptors (Lipinski definition) is 3. The maximum Gasteiger partial charge on any atom is 0.416 e. The molecule has 0 N–H and O–H groups in total. The molecule has 4 nitrogen and oxygen atoms in total. The van der Waals surface area contributed by atoms with Crippen molar-refractivity contribution in [1.82, 2.24) is 20.0 Å². The Morgan fingerprint density at radius 1 is 0.867 bits per heavy atom. The van der Waals surface area contributed by atoms with Crippen LogP contribution in [0, 0.1) is 0 Å². The summed E-state index contributed by atoms with van der Waals surface area (Å²) in [5, 5.41) is 8.88. The van der Waals surface area contributed by atoms with E-state index in [0.717, 1.165) is 0 Å². The Kier molecular flexibility index (Phi) is 5.61. The first-order valence-corrected chi connectivity index (χ1v) is 11.4. The molecule has 0 aliphatic heterocycles. The lowest BCUT2D eigenvalue weighted by atomic mass is 10.0. The zero-order valence-corrected chi connectivity index (χ0v) is 17.0. The number of pyridine rings is 1. The molecule has 11 heteroatoms. The Labute approximate surface area is 170 Å². The summed E-state index contributed by atoms with van der Waals surface area (Å²) in [5.74, 6) is 0. The van der Waals surface area contributed by atoms with E-state index < -0.39 is 33.5 Å². The molecule has 0 atom stereocenters. The van der Waals surface area contributed by atoms with Crippen molar-refractivity contribution in [2.24, 2.45) is 0 Å². The summed E-state index contributed by atoms with van der Waals surface area (Å²) in [6.07, 6.45) is -0.824. The summed E-state index contributed by atoms with van der Waals surface area (Å²) in [6, 6.07) is 4.90. The van der Waals surface area contributed by atoms with E-state index in [1.807, 2.05) is 18.8 Å². The van der Waals surface area contributed by atoms with E-state index in [9.17, 15) is 26.3 Å². The highest BCUT2D eigenvalue weighted by Gasteiger charge is 2.37. The molecule has 3 rings (SSSR count). The number of aromatic nitrogens is 4. The van der Waals surface area contributed by atoms with Crippen molar-refractivity contribution in [1.29, 1.82) is 0 Å². The lowest BCUT2D eigenvalue weighted by Crippen LogP contribution is -2.13. The van der Waals surface area contributed by atoms with Gasteiger partial charge in [0.05, 0.1) is 17.7 Å². The average molecular weight is 448 g/mol. The van der Waals surface area contributed by atoms with Crippen LogP contribution < -0.4 is 0 Å². The molecule has 0 aliphatic carbocycles. The first-order chi connectivity index (χ1) is 13.8. The average Bonchev–Trinajstić information content (AvgIpc) is 3.04. The summed E-state index contributed by atoms with van der Waals surface area (Å²) in [5.41, 5.74) is -1.67. The van der Waals surface area contributed by atoms with Crippen molar-refractivity contribution in [3.05, 3.63) is 59.4 Å². The molecule has 0 spiro atoms. The zero-order chi connectivity index (χ0) is 22.3. The quantitative estimate of drug-likeness (QED) is 0.497. The molecule has 2 heterocycles. The van der Waals surface area contributed by atoms with Crippen LogP contribution in [0.4, 0.5) is 26.3 Å². The normalized spacial score (nSPS) is 13.5. The number of halogens is 6. The van der Waals surface area contributed by atoms with Gasteiger partial charge in [0.1, 0.15) is 10.7 Å². The van der Waals surface area contributed by atoms with Crippen molar-refractivity contribution in [3.63, 3.8) is 0 Å². The first-order valence-electron chi connectivity index (χ1n) is 8.57. The highest BCUT2D eigenvalue weighted by Crippen LogP contribution is 2.48. The highest BCUT2D eigenvalue weighted by atomic mass is 32.3. The van der Waals surface area contributed by atoms with Crippen molar-refractivity contribution in [2.75, 3.05) is 18.8 Å². The Bertz CT molecular complexity index is 1000. The van der Waals surface area contributed by atoms with Gasteiger partial charge in [-0.1, -0.05) is 5.21 Å². The smallest absolute Gasteiger partial charge is 0.265 e. The van der Waals surface area contributed by atoms with Gasteiger partial charge in [-0.15, -0.1) is 5.10 Å². The summed E-state index contributed by atoms with van der Waals surface area (Å²) in [6.45, 7) is -0.298. The number of rotatable bonds is 4. The zero-order valence-electron chi connectivity index (χ0n) is 16.2. The van der Waals surface area contributed by atoms with Gasteiger partial charge in [-0.05, 0) is 54.7 Å². The van der Waals surface area contributed by atoms with Gasteiger partial charge in [-0.2, -0.15) is 26.3 Å². The molecular formula is C19H18F6N4S. The molecule has 0 aliphatic rings. The largest absolute Gasteiger partial charge is 0.416 e. The second-order valence-corrected chi connectivity index (χ2v) is 11.4. The molecule has 0 fully saturated rings. The lowest BCUT2D eigenvalue weighted by Gasteiger charge is -2.24. The van der Waals surface area contributed by atoms with E-state index in [-0.39, 0.29) is 18.2 Å². The van der Waals surface area contributed by atoms with Crippen LogP contribution in [0.3, 0.4) is 0 Å². The molecule has 3 aromatic rings. The summed E-state index contributed by atoms with van der Waals surface area (Å²) < 4.78 is 80.4. The van der Waals surface area contributed by atoms with Gasteiger partial charge in [-0.25, -0.2) is 14.7 Å². The van der Waals surface area contributed by atoms with Gasteiger partial charge in [-0.3, -0.25) is 4.98 Å². The Morgan fingerprint density at radius 2 is 1.40 bits per heavy atom. The van der Waals surface area contributed by atoms with Crippen LogP contribution in [-0.2, 0) is 18.9 Å². The summed E-state index contributed by atoms with van der Waals surface area (Å²) in [7, 11) is -1.39. The molecule has 0 radical (unpaired) electrons. The Hall–Kier alpha value is -2.56. The van der Waals surface area contributed by atoms with E-state index >= 15 is 0 Å². The van der Waals surface area contributed by atoms with Crippen molar-refractivity contribution in [3.8, 4) is 11.3 Å². The fraction of sp³-hybridized carbons (Fsp3) is 0.316. The number of nitrogens with zero attached hydrogens (tertiary/aromatic N) is 4. The van der Waals surface area contributed by atoms with Crippen LogP contribution in [0.2, 0.25) is 0 Å². The van der Waals surface area contributed by atoms with Crippen molar-refractivity contribution < 1.29 is 26.3 Å². The van der Waals surface area contributed by atoms with Gasteiger partial charge in [0.25, 0.3) is 0 Å². The predicted octanol–water partition coefficient (Wildman–Crippen LogP) is 5.48. The van der Waals surface area contributed by atoms with Crippen LogP contribution in [0.25, 0.3) is 11.3 Å². The standard InChI is InChI=1S/C19H18F6N4S/c1-30(2,3)17-16(13-4-6-26-7-5-13)29(28-27-17)11-12-8-14(18(20,21)22)10-15(9-12)19(23,24)25/h4-10H,11H2,1-3H3. The fourth-order valence-corrected chi connectivity index (χ4v) is 3.97. The van der Waals surface area contributed by atoms with Crippen LogP contribution in [0.1, 0.15) is 16.7 Å². The Balaban J connectivity index is 2.14. The van der Waals surface area contributed by atoms with E-state index in [0.29, 0.717) is 28.4 Å². The molecule has 0 amide bonds. The molecule has 0 saturated heterocycles. The van der Waals surface area contributed by atoms with Gasteiger partial charge >= 0.3 is 12.4 Å². The predicted molar refractivity (Wildman–Crippen MR) is 102 cm³/mol. The van der Waals surface area contributed by atoms with Crippen LogP contribution in [0.15, 0.2) is 47.8 Å². The van der Waals surface area contributed by atoms with E-state index in [4.69, 9.17) is 0 Å².